The maximum absolute atomic E-state index is 13.8. The number of fused-ring (bicyclic) bond motifs is 1. The van der Waals surface area contributed by atoms with Gasteiger partial charge in [0.2, 0.25) is 5.91 Å². The molecular weight excluding hydrogens is 419 g/mol. The molecule has 0 saturated carbocycles. The van der Waals surface area contributed by atoms with Crippen LogP contribution in [0.2, 0.25) is 0 Å². The van der Waals surface area contributed by atoms with Gasteiger partial charge in [-0.1, -0.05) is 13.8 Å². The van der Waals surface area contributed by atoms with Crippen LogP contribution < -0.4 is 11.1 Å². The van der Waals surface area contributed by atoms with Crippen molar-refractivity contribution in [1.82, 2.24) is 14.5 Å². The minimum atomic E-state index is -0.976. The standard InChI is InChI=1S/C23H24F3N5O/c1-13(2)20(27)23(32)30-9-10-31-19(12-30)29-21(14-3-5-15(24)6-4-14)22(31)28-16-7-8-17(25)18(26)11-16/h3-8,11,13,20,28H,9-10,12,27H2,1-2H3/t20-/m0/s1. The van der Waals surface area contributed by atoms with Gasteiger partial charge in [-0.25, -0.2) is 18.2 Å². The summed E-state index contributed by atoms with van der Waals surface area (Å²) in [6, 6.07) is 8.76. The van der Waals surface area contributed by atoms with Crippen LogP contribution in [-0.2, 0) is 17.9 Å². The number of nitrogens with zero attached hydrogens (tertiary/aromatic N) is 3. The van der Waals surface area contributed by atoms with Crippen LogP contribution in [0, 0.1) is 23.4 Å². The van der Waals surface area contributed by atoms with Gasteiger partial charge in [0.1, 0.15) is 23.2 Å². The molecule has 6 nitrogen and oxygen atoms in total. The van der Waals surface area contributed by atoms with Crippen molar-refractivity contribution in [3.05, 3.63) is 65.7 Å². The molecule has 1 atom stereocenters. The number of anilines is 2. The molecule has 32 heavy (non-hydrogen) atoms. The van der Waals surface area contributed by atoms with Crippen LogP contribution in [0.5, 0.6) is 0 Å². The van der Waals surface area contributed by atoms with Gasteiger partial charge in [0.15, 0.2) is 11.6 Å². The van der Waals surface area contributed by atoms with E-state index in [0.29, 0.717) is 41.7 Å². The predicted octanol–water partition coefficient (Wildman–Crippen LogP) is 4.04. The monoisotopic (exact) mass is 443 g/mol. The number of nitrogens with two attached hydrogens (primary N) is 1. The number of aromatic nitrogens is 2. The highest BCUT2D eigenvalue weighted by atomic mass is 19.2. The zero-order chi connectivity index (χ0) is 23.0. The number of carbonyl (C=O) groups excluding carboxylic acids is 1. The van der Waals surface area contributed by atoms with Crippen LogP contribution in [0.25, 0.3) is 11.3 Å². The van der Waals surface area contributed by atoms with Gasteiger partial charge in [-0.05, 0) is 42.3 Å². The lowest BCUT2D eigenvalue weighted by Crippen LogP contribution is -2.49. The van der Waals surface area contributed by atoms with Crippen molar-refractivity contribution in [3.8, 4) is 11.3 Å². The summed E-state index contributed by atoms with van der Waals surface area (Å²) >= 11 is 0. The van der Waals surface area contributed by atoms with Crippen molar-refractivity contribution in [2.45, 2.75) is 33.0 Å². The van der Waals surface area contributed by atoms with E-state index in [0.717, 1.165) is 12.1 Å². The summed E-state index contributed by atoms with van der Waals surface area (Å²) in [5, 5.41) is 3.12. The molecule has 0 radical (unpaired) electrons. The summed E-state index contributed by atoms with van der Waals surface area (Å²) in [5.74, 6) is -1.27. The van der Waals surface area contributed by atoms with Gasteiger partial charge in [-0.2, -0.15) is 0 Å². The first-order chi connectivity index (χ1) is 15.2. The number of hydrogen-bond donors (Lipinski definition) is 2. The minimum absolute atomic E-state index is 0.00421. The van der Waals surface area contributed by atoms with Crippen LogP contribution in [0.3, 0.4) is 0 Å². The Kier molecular flexibility index (Phi) is 5.92. The van der Waals surface area contributed by atoms with Gasteiger partial charge < -0.3 is 20.5 Å². The molecule has 0 aliphatic carbocycles. The second-order valence-corrected chi connectivity index (χ2v) is 8.17. The number of halogens is 3. The van der Waals surface area contributed by atoms with Crippen molar-refractivity contribution in [2.24, 2.45) is 11.7 Å². The van der Waals surface area contributed by atoms with Crippen molar-refractivity contribution < 1.29 is 18.0 Å². The van der Waals surface area contributed by atoms with Crippen molar-refractivity contribution >= 4 is 17.4 Å². The van der Waals surface area contributed by atoms with E-state index in [1.165, 1.54) is 18.2 Å². The quantitative estimate of drug-likeness (QED) is 0.624. The highest BCUT2D eigenvalue weighted by molar-refractivity contribution is 5.82. The molecule has 0 bridgehead atoms. The van der Waals surface area contributed by atoms with E-state index >= 15 is 0 Å². The van der Waals surface area contributed by atoms with Crippen LogP contribution in [-0.4, -0.2) is 32.9 Å². The van der Waals surface area contributed by atoms with Gasteiger partial charge in [0.25, 0.3) is 0 Å². The number of rotatable bonds is 5. The first-order valence-electron chi connectivity index (χ1n) is 10.4. The minimum Gasteiger partial charge on any atom is -0.340 e. The lowest BCUT2D eigenvalue weighted by molar-refractivity contribution is -0.135. The Bertz CT molecular complexity index is 1140. The van der Waals surface area contributed by atoms with Gasteiger partial charge in [-0.15, -0.1) is 0 Å². The number of nitrogens with one attached hydrogen (secondary N) is 1. The molecule has 1 aromatic heterocycles. The Hall–Kier alpha value is -3.33. The van der Waals surface area contributed by atoms with E-state index in [1.54, 1.807) is 17.0 Å². The SMILES string of the molecule is CC(C)[C@H](N)C(=O)N1CCn2c(nc(-c3ccc(F)cc3)c2Nc2ccc(F)c(F)c2)C1. The highest BCUT2D eigenvalue weighted by Gasteiger charge is 2.30. The lowest BCUT2D eigenvalue weighted by Gasteiger charge is -2.31. The molecule has 1 aliphatic rings. The van der Waals surface area contributed by atoms with Crippen LogP contribution in [0.1, 0.15) is 19.7 Å². The Balaban J connectivity index is 1.72. The third-order valence-electron chi connectivity index (χ3n) is 5.59. The molecule has 1 aliphatic heterocycles. The molecule has 0 spiro atoms. The molecule has 0 fully saturated rings. The molecule has 3 N–H and O–H groups in total. The fourth-order valence-corrected chi connectivity index (χ4v) is 3.66. The van der Waals surface area contributed by atoms with Gasteiger partial charge in [0.05, 0.1) is 12.6 Å². The normalized spacial score (nSPS) is 14.4. The lowest BCUT2D eigenvalue weighted by atomic mass is 10.0. The van der Waals surface area contributed by atoms with Crippen LogP contribution >= 0.6 is 0 Å². The molecule has 4 rings (SSSR count). The number of imidazole rings is 1. The van der Waals surface area contributed by atoms with Crippen molar-refractivity contribution in [3.63, 3.8) is 0 Å². The zero-order valence-electron chi connectivity index (χ0n) is 17.8. The first kappa shape index (κ1) is 21.9. The topological polar surface area (TPSA) is 76.2 Å². The molecule has 2 heterocycles. The Morgan fingerprint density at radius 1 is 1.06 bits per heavy atom. The van der Waals surface area contributed by atoms with E-state index in [4.69, 9.17) is 10.7 Å². The second kappa shape index (κ2) is 8.66. The van der Waals surface area contributed by atoms with E-state index in [-0.39, 0.29) is 24.2 Å². The second-order valence-electron chi connectivity index (χ2n) is 8.17. The highest BCUT2D eigenvalue weighted by Crippen LogP contribution is 2.33. The smallest absolute Gasteiger partial charge is 0.240 e. The molecule has 0 unspecified atom stereocenters. The summed E-state index contributed by atoms with van der Waals surface area (Å²) < 4.78 is 42.5. The molecular formula is C23H24F3N5O. The Morgan fingerprint density at radius 3 is 2.44 bits per heavy atom. The van der Waals surface area contributed by atoms with E-state index in [9.17, 15) is 18.0 Å². The van der Waals surface area contributed by atoms with Crippen LogP contribution in [0.15, 0.2) is 42.5 Å². The van der Waals surface area contributed by atoms with Gasteiger partial charge in [-0.3, -0.25) is 4.79 Å². The third kappa shape index (κ3) is 4.20. The Morgan fingerprint density at radius 2 is 1.78 bits per heavy atom. The maximum Gasteiger partial charge on any atom is 0.240 e. The van der Waals surface area contributed by atoms with Crippen molar-refractivity contribution in [2.75, 3.05) is 11.9 Å². The number of hydrogen-bond acceptors (Lipinski definition) is 4. The summed E-state index contributed by atoms with van der Waals surface area (Å²) in [4.78, 5) is 19.1. The zero-order valence-corrected chi connectivity index (χ0v) is 17.8. The average Bonchev–Trinajstić information content (AvgIpc) is 3.13. The molecule has 9 heteroatoms. The predicted molar refractivity (Wildman–Crippen MR) is 115 cm³/mol. The van der Waals surface area contributed by atoms with E-state index in [2.05, 4.69) is 5.32 Å². The number of amides is 1. The molecule has 3 aromatic rings. The fourth-order valence-electron chi connectivity index (χ4n) is 3.66. The van der Waals surface area contributed by atoms with E-state index < -0.39 is 17.7 Å². The number of carbonyl (C=O) groups is 1. The maximum atomic E-state index is 13.8. The molecule has 168 valence electrons. The summed E-state index contributed by atoms with van der Waals surface area (Å²) in [5.41, 5.74) is 7.56. The molecule has 1 amide bonds. The van der Waals surface area contributed by atoms with Crippen molar-refractivity contribution in [1.29, 1.82) is 0 Å². The third-order valence-corrected chi connectivity index (χ3v) is 5.59. The summed E-state index contributed by atoms with van der Waals surface area (Å²) in [7, 11) is 0. The molecule has 2 aromatic carbocycles. The van der Waals surface area contributed by atoms with Gasteiger partial charge in [0, 0.05) is 30.4 Å². The first-order valence-corrected chi connectivity index (χ1v) is 10.4. The van der Waals surface area contributed by atoms with E-state index in [1.807, 2.05) is 18.4 Å². The summed E-state index contributed by atoms with van der Waals surface area (Å²) in [6.07, 6.45) is 0. The fraction of sp³-hybridized carbons (Fsp3) is 0.304. The molecule has 0 saturated heterocycles. The summed E-state index contributed by atoms with van der Waals surface area (Å²) in [6.45, 7) is 4.91. The average molecular weight is 443 g/mol. The largest absolute Gasteiger partial charge is 0.340 e. The van der Waals surface area contributed by atoms with Crippen LogP contribution in [0.4, 0.5) is 24.7 Å². The van der Waals surface area contributed by atoms with Gasteiger partial charge >= 0.3 is 0 Å². The number of benzene rings is 2. The Labute approximate surface area is 183 Å².